The number of carboxylic acid groups (broad SMARTS) is 2. The van der Waals surface area contributed by atoms with Gasteiger partial charge in [-0.1, -0.05) is 45.3 Å². The van der Waals surface area contributed by atoms with Crippen LogP contribution in [0.4, 0.5) is 0 Å². The van der Waals surface area contributed by atoms with E-state index in [2.05, 4.69) is 13.8 Å². The van der Waals surface area contributed by atoms with Crippen molar-refractivity contribution in [1.82, 2.24) is 19.6 Å². The minimum atomic E-state index is -1.02. The molecule has 2 N–H and O–H groups in total. The first-order valence-corrected chi connectivity index (χ1v) is 17.1. The molecule has 2 heterocycles. The van der Waals surface area contributed by atoms with Gasteiger partial charge >= 0.3 is 35.8 Å². The Bertz CT molecular complexity index is 1120. The Labute approximate surface area is 283 Å². The number of cyclic esters (lactones) is 4. The monoisotopic (exact) mass is 678 g/mol. The van der Waals surface area contributed by atoms with E-state index < -0.39 is 35.8 Å². The van der Waals surface area contributed by atoms with Crippen LogP contribution in [0.3, 0.4) is 0 Å². The number of rotatable bonds is 12. The zero-order valence-electron chi connectivity index (χ0n) is 29.4. The van der Waals surface area contributed by atoms with Crippen molar-refractivity contribution in [2.45, 2.75) is 105 Å². The number of carbonyl (C=O) groups excluding carboxylic acids is 4. The van der Waals surface area contributed by atoms with Crippen molar-refractivity contribution < 1.29 is 48.5 Å². The fourth-order valence-corrected chi connectivity index (χ4v) is 6.87. The highest BCUT2D eigenvalue weighted by atomic mass is 16.6. The smallest absolute Gasteiger partial charge is 0.333 e. The fraction of sp³-hybridized carbons (Fsp3) is 0.706. The summed E-state index contributed by atoms with van der Waals surface area (Å²) in [7, 11) is 0. The molecule has 14 heteroatoms. The van der Waals surface area contributed by atoms with Gasteiger partial charge in [0.25, 0.3) is 0 Å². The average Bonchev–Trinajstić information content (AvgIpc) is 3.00. The summed E-state index contributed by atoms with van der Waals surface area (Å²) in [5.41, 5.74) is 3.52. The summed E-state index contributed by atoms with van der Waals surface area (Å²) in [6, 6.07) is -0.677. The average molecular weight is 679 g/mol. The molecule has 0 bridgehead atoms. The summed E-state index contributed by atoms with van der Waals surface area (Å²) in [5.74, 6) is -4.63. The molecule has 14 nitrogen and oxygen atoms in total. The second-order valence-corrected chi connectivity index (χ2v) is 12.3. The second kappa shape index (κ2) is 19.9. The molecular weight excluding hydrogens is 624 g/mol. The molecule has 4 rings (SSSR count). The zero-order chi connectivity index (χ0) is 36.0. The summed E-state index contributed by atoms with van der Waals surface area (Å²) in [4.78, 5) is 79.1. The summed E-state index contributed by atoms with van der Waals surface area (Å²) in [6.07, 6.45) is 6.15. The lowest BCUT2D eigenvalue weighted by Gasteiger charge is -2.43. The maximum absolute atomic E-state index is 12.1. The number of esters is 4. The van der Waals surface area contributed by atoms with Crippen molar-refractivity contribution in [3.63, 3.8) is 0 Å². The van der Waals surface area contributed by atoms with Crippen molar-refractivity contribution in [3.05, 3.63) is 22.5 Å². The Kier molecular flexibility index (Phi) is 16.7. The summed E-state index contributed by atoms with van der Waals surface area (Å²) >= 11 is 0. The number of morpholine rings is 2. The van der Waals surface area contributed by atoms with Crippen LogP contribution in [0.5, 0.6) is 0 Å². The number of carboxylic acids is 2. The number of hydrogen-bond donors (Lipinski definition) is 2. The highest BCUT2D eigenvalue weighted by molar-refractivity contribution is 5.91. The number of nitrogens with zero attached hydrogens (tertiary/aromatic N) is 4. The van der Waals surface area contributed by atoms with E-state index in [0.717, 1.165) is 48.2 Å². The predicted molar refractivity (Wildman–Crippen MR) is 176 cm³/mol. The predicted octanol–water partition coefficient (Wildman–Crippen LogP) is 3.02. The SMILES string of the molecule is CC.CC1=C(N2CC(=O)OC(=O)C2)C(N(CCCN(CC(=O)O)C2CCCC(C)=C2N2CC(=O)OC(=O)C2)CC(=O)O)CCC1.CCC. The highest BCUT2D eigenvalue weighted by Gasteiger charge is 2.38. The third-order valence-electron chi connectivity index (χ3n) is 8.43. The van der Waals surface area contributed by atoms with E-state index >= 15 is 0 Å². The van der Waals surface area contributed by atoms with Crippen molar-refractivity contribution in [1.29, 1.82) is 0 Å². The van der Waals surface area contributed by atoms with E-state index in [9.17, 15) is 39.0 Å². The van der Waals surface area contributed by atoms with E-state index in [-0.39, 0.29) is 51.4 Å². The van der Waals surface area contributed by atoms with Crippen LogP contribution in [0.25, 0.3) is 0 Å². The normalized spacial score (nSPS) is 21.8. The van der Waals surface area contributed by atoms with Gasteiger partial charge in [-0.15, -0.1) is 0 Å². The lowest BCUT2D eigenvalue weighted by Crippen LogP contribution is -2.52. The third kappa shape index (κ3) is 11.7. The van der Waals surface area contributed by atoms with Crippen LogP contribution in [-0.2, 0) is 38.2 Å². The number of allylic oxidation sites excluding steroid dienone is 2. The van der Waals surface area contributed by atoms with Crippen LogP contribution >= 0.6 is 0 Å². The van der Waals surface area contributed by atoms with Crippen molar-refractivity contribution in [2.24, 2.45) is 0 Å². The third-order valence-corrected chi connectivity index (χ3v) is 8.43. The van der Waals surface area contributed by atoms with Crippen molar-refractivity contribution >= 4 is 35.8 Å². The summed E-state index contributed by atoms with van der Waals surface area (Å²) in [5, 5.41) is 19.6. The minimum Gasteiger partial charge on any atom is -0.480 e. The lowest BCUT2D eigenvalue weighted by atomic mass is 9.90. The molecule has 0 amide bonds. The molecule has 0 aromatic rings. The first-order chi connectivity index (χ1) is 22.8. The van der Waals surface area contributed by atoms with Gasteiger partial charge in [0.2, 0.25) is 0 Å². The molecular formula is C34H54N4O10. The van der Waals surface area contributed by atoms with E-state index in [1.165, 1.54) is 6.42 Å². The molecule has 0 radical (unpaired) electrons. The zero-order valence-corrected chi connectivity index (χ0v) is 29.4. The van der Waals surface area contributed by atoms with Crippen LogP contribution in [0.2, 0.25) is 0 Å². The Morgan fingerprint density at radius 1 is 0.688 bits per heavy atom. The topological polar surface area (TPSA) is 174 Å². The maximum atomic E-state index is 12.1. The Hall–Kier alpha value is -3.78. The second-order valence-electron chi connectivity index (χ2n) is 12.3. The van der Waals surface area contributed by atoms with E-state index in [0.29, 0.717) is 32.4 Å². The lowest BCUT2D eigenvalue weighted by molar-refractivity contribution is -0.167. The van der Waals surface area contributed by atoms with E-state index in [1.807, 2.05) is 37.5 Å². The van der Waals surface area contributed by atoms with Gasteiger partial charge in [-0.05, 0) is 58.8 Å². The first kappa shape index (κ1) is 40.4. The Morgan fingerprint density at radius 2 is 1.00 bits per heavy atom. The fourth-order valence-electron chi connectivity index (χ4n) is 6.87. The molecule has 2 saturated heterocycles. The van der Waals surface area contributed by atoms with Gasteiger partial charge in [0.05, 0.1) is 25.2 Å². The van der Waals surface area contributed by atoms with Gasteiger partial charge in [0, 0.05) is 24.5 Å². The quantitative estimate of drug-likeness (QED) is 0.228. The molecule has 0 spiro atoms. The van der Waals surface area contributed by atoms with Gasteiger partial charge in [0.1, 0.15) is 26.2 Å². The van der Waals surface area contributed by atoms with Gasteiger partial charge in [-0.2, -0.15) is 0 Å². The molecule has 2 unspecified atom stereocenters. The van der Waals surface area contributed by atoms with Crippen molar-refractivity contribution in [3.8, 4) is 0 Å². The molecule has 2 aliphatic heterocycles. The Morgan fingerprint density at radius 3 is 1.29 bits per heavy atom. The van der Waals surface area contributed by atoms with Crippen LogP contribution in [0.1, 0.15) is 92.9 Å². The van der Waals surface area contributed by atoms with Gasteiger partial charge in [-0.3, -0.25) is 19.4 Å². The first-order valence-electron chi connectivity index (χ1n) is 17.1. The molecule has 0 aromatic carbocycles. The number of aliphatic carboxylic acids is 2. The standard InChI is InChI=1S/C29H40N4O10.C3H8.C2H6/c1-18-6-3-8-20(28(18)32-14-24(38)42-25(39)15-32)30(12-22(34)35)10-5-11-31(13-23(36)37)21-9-4-7-19(2)29(21)33-16-26(40)43-27(41)17-33;1-3-2;1-2/h20-21H,3-17H2,1-2H3,(H,34,35)(H,36,37);3H2,1-2H3;1-2H3. The minimum absolute atomic E-state index is 0.0924. The van der Waals surface area contributed by atoms with Crippen LogP contribution in [0.15, 0.2) is 22.5 Å². The van der Waals surface area contributed by atoms with Crippen LogP contribution < -0.4 is 0 Å². The summed E-state index contributed by atoms with van der Waals surface area (Å²) in [6.45, 7) is 11.9. The molecule has 0 saturated carbocycles. The van der Waals surface area contributed by atoms with E-state index in [4.69, 9.17) is 9.47 Å². The van der Waals surface area contributed by atoms with Crippen molar-refractivity contribution in [2.75, 3.05) is 52.4 Å². The number of hydrogen-bond acceptors (Lipinski definition) is 12. The maximum Gasteiger partial charge on any atom is 0.333 e. The van der Waals surface area contributed by atoms with Gasteiger partial charge in [0.15, 0.2) is 0 Å². The van der Waals surface area contributed by atoms with Crippen LogP contribution in [0, 0.1) is 0 Å². The Balaban J connectivity index is 0.00000151. The van der Waals surface area contributed by atoms with E-state index in [1.54, 1.807) is 9.80 Å². The van der Waals surface area contributed by atoms with Gasteiger partial charge < -0.3 is 29.5 Å². The number of carbonyl (C=O) groups is 6. The van der Waals surface area contributed by atoms with Gasteiger partial charge in [-0.25, -0.2) is 19.2 Å². The molecule has 48 heavy (non-hydrogen) atoms. The molecule has 2 fully saturated rings. The van der Waals surface area contributed by atoms with Crippen LogP contribution in [-0.4, -0.2) is 130 Å². The highest BCUT2D eigenvalue weighted by Crippen LogP contribution is 2.34. The largest absolute Gasteiger partial charge is 0.480 e. The molecule has 2 aliphatic carbocycles. The molecule has 4 aliphatic rings. The number of ether oxygens (including phenoxy) is 2. The molecule has 0 aromatic heterocycles. The molecule has 270 valence electrons. The molecule has 2 atom stereocenters. The summed E-state index contributed by atoms with van der Waals surface area (Å²) < 4.78 is 9.40.